The molecule has 3 rings (SSSR count). The molecule has 0 saturated carbocycles. The van der Waals surface area contributed by atoms with Gasteiger partial charge in [0, 0.05) is 17.1 Å². The van der Waals surface area contributed by atoms with Gasteiger partial charge in [-0.15, -0.1) is 0 Å². The van der Waals surface area contributed by atoms with Gasteiger partial charge >= 0.3 is 0 Å². The molecule has 19 heavy (non-hydrogen) atoms. The van der Waals surface area contributed by atoms with E-state index in [0.717, 1.165) is 34.1 Å². The lowest BCUT2D eigenvalue weighted by molar-refractivity contribution is 0.416. The maximum Gasteiger partial charge on any atom is 0.165 e. The smallest absolute Gasteiger partial charge is 0.165 e. The number of hydrogen-bond acceptors (Lipinski definition) is 6. The third-order valence-corrected chi connectivity index (χ3v) is 4.03. The predicted molar refractivity (Wildman–Crippen MR) is 76.8 cm³/mol. The highest BCUT2D eigenvalue weighted by Gasteiger charge is 2.20. The largest absolute Gasteiger partial charge is 0.496 e. The first kappa shape index (κ1) is 12.3. The van der Waals surface area contributed by atoms with Crippen LogP contribution in [-0.4, -0.2) is 17.1 Å². The van der Waals surface area contributed by atoms with Crippen LogP contribution < -0.4 is 16.0 Å². The average molecular weight is 274 g/mol. The van der Waals surface area contributed by atoms with Crippen molar-refractivity contribution in [2.24, 2.45) is 5.84 Å². The second-order valence-corrected chi connectivity index (χ2v) is 5.14. The second-order valence-electron chi connectivity index (χ2n) is 4.16. The first-order valence-electron chi connectivity index (χ1n) is 5.91. The van der Waals surface area contributed by atoms with Gasteiger partial charge < -0.3 is 10.2 Å². The molecule has 0 radical (unpaired) electrons. The molecule has 1 aliphatic rings. The molecule has 2 heterocycles. The number of nitrogens with zero attached hydrogens (tertiary/aromatic N) is 2. The minimum atomic E-state index is 0.645. The second kappa shape index (κ2) is 5.07. The summed E-state index contributed by atoms with van der Waals surface area (Å²) in [5.74, 6) is 9.47. The number of nitrogens with two attached hydrogens (primary N) is 1. The monoisotopic (exact) mass is 274 g/mol. The Morgan fingerprint density at radius 3 is 2.89 bits per heavy atom. The van der Waals surface area contributed by atoms with E-state index in [1.54, 1.807) is 7.11 Å². The number of anilines is 1. The van der Waals surface area contributed by atoms with Gasteiger partial charge in [0.15, 0.2) is 5.82 Å². The van der Waals surface area contributed by atoms with Crippen molar-refractivity contribution < 1.29 is 4.74 Å². The van der Waals surface area contributed by atoms with Crippen molar-refractivity contribution in [2.75, 3.05) is 12.5 Å². The molecule has 0 unspecified atom stereocenters. The molecule has 0 atom stereocenters. The van der Waals surface area contributed by atoms with Crippen molar-refractivity contribution in [3.8, 4) is 17.1 Å². The summed E-state index contributed by atoms with van der Waals surface area (Å²) in [6.45, 7) is 0. The highest BCUT2D eigenvalue weighted by molar-refractivity contribution is 7.98. The number of hydrogen-bond donors (Lipinski definition) is 2. The highest BCUT2D eigenvalue weighted by Crippen LogP contribution is 2.35. The van der Waals surface area contributed by atoms with E-state index >= 15 is 0 Å². The number of benzene rings is 1. The predicted octanol–water partition coefficient (Wildman–Crippen LogP) is 2.18. The lowest BCUT2D eigenvalue weighted by atomic mass is 10.1. The molecule has 0 bridgehead atoms. The van der Waals surface area contributed by atoms with Crippen LogP contribution in [0.25, 0.3) is 11.4 Å². The summed E-state index contributed by atoms with van der Waals surface area (Å²) in [5, 5.41) is 0. The molecule has 0 spiro atoms. The zero-order valence-corrected chi connectivity index (χ0v) is 11.3. The van der Waals surface area contributed by atoms with E-state index in [4.69, 9.17) is 10.6 Å². The SMILES string of the molecule is COc1ccccc1-c1nc2c(c(NN)n1)CSC2. The van der Waals surface area contributed by atoms with Crippen LogP contribution in [0.3, 0.4) is 0 Å². The standard InChI is InChI=1S/C13H14N4OS/c1-18-11-5-3-2-4-8(11)12-15-10-7-19-6-9(10)13(16-12)17-14/h2-5H,6-7,14H2,1H3,(H,15,16,17). The number of rotatable bonds is 3. The Balaban J connectivity index is 2.15. The van der Waals surface area contributed by atoms with Crippen molar-refractivity contribution in [3.63, 3.8) is 0 Å². The number of hydrazine groups is 1. The van der Waals surface area contributed by atoms with Gasteiger partial charge in [0.2, 0.25) is 0 Å². The van der Waals surface area contributed by atoms with E-state index in [1.165, 1.54) is 0 Å². The van der Waals surface area contributed by atoms with Crippen LogP contribution in [0.2, 0.25) is 0 Å². The molecule has 0 fully saturated rings. The summed E-state index contributed by atoms with van der Waals surface area (Å²) >= 11 is 1.82. The van der Waals surface area contributed by atoms with Gasteiger partial charge in [0.1, 0.15) is 11.6 Å². The van der Waals surface area contributed by atoms with Crippen LogP contribution in [0, 0.1) is 0 Å². The number of nitrogen functional groups attached to an aromatic ring is 1. The molecule has 3 N–H and O–H groups in total. The summed E-state index contributed by atoms with van der Waals surface area (Å²) in [5.41, 5.74) is 5.70. The van der Waals surface area contributed by atoms with Gasteiger partial charge in [-0.2, -0.15) is 11.8 Å². The molecule has 6 heteroatoms. The lowest BCUT2D eigenvalue weighted by Gasteiger charge is -2.11. The van der Waals surface area contributed by atoms with Crippen LogP contribution in [0.5, 0.6) is 5.75 Å². The van der Waals surface area contributed by atoms with Gasteiger partial charge in [0.25, 0.3) is 0 Å². The maximum atomic E-state index is 5.56. The van der Waals surface area contributed by atoms with Crippen LogP contribution in [0.1, 0.15) is 11.3 Å². The molecule has 0 amide bonds. The summed E-state index contributed by atoms with van der Waals surface area (Å²) in [6, 6.07) is 7.71. The molecule has 2 aromatic rings. The van der Waals surface area contributed by atoms with Crippen LogP contribution in [0.4, 0.5) is 5.82 Å². The van der Waals surface area contributed by atoms with E-state index in [-0.39, 0.29) is 0 Å². The van der Waals surface area contributed by atoms with Gasteiger partial charge in [-0.25, -0.2) is 15.8 Å². The molecule has 0 saturated heterocycles. The summed E-state index contributed by atoms with van der Waals surface area (Å²) in [4.78, 5) is 9.13. The van der Waals surface area contributed by atoms with Gasteiger partial charge in [-0.05, 0) is 12.1 Å². The van der Waals surface area contributed by atoms with Crippen molar-refractivity contribution in [1.29, 1.82) is 0 Å². The topological polar surface area (TPSA) is 73.1 Å². The molecular weight excluding hydrogens is 260 g/mol. The summed E-state index contributed by atoms with van der Waals surface area (Å²) in [6.07, 6.45) is 0. The fraction of sp³-hybridized carbons (Fsp3) is 0.231. The number of fused-ring (bicyclic) bond motifs is 1. The number of nitrogens with one attached hydrogen (secondary N) is 1. The minimum Gasteiger partial charge on any atom is -0.496 e. The van der Waals surface area contributed by atoms with Crippen LogP contribution in [-0.2, 0) is 11.5 Å². The molecule has 1 aliphatic heterocycles. The van der Waals surface area contributed by atoms with E-state index in [1.807, 2.05) is 36.0 Å². The van der Waals surface area contributed by atoms with Gasteiger partial charge in [-0.3, -0.25) is 0 Å². The van der Waals surface area contributed by atoms with E-state index in [0.29, 0.717) is 11.6 Å². The van der Waals surface area contributed by atoms with Crippen molar-refractivity contribution in [3.05, 3.63) is 35.5 Å². The third-order valence-electron chi connectivity index (χ3n) is 3.06. The zero-order valence-electron chi connectivity index (χ0n) is 10.5. The number of methoxy groups -OCH3 is 1. The van der Waals surface area contributed by atoms with Crippen molar-refractivity contribution >= 4 is 17.6 Å². The van der Waals surface area contributed by atoms with Crippen molar-refractivity contribution in [1.82, 2.24) is 9.97 Å². The molecule has 98 valence electrons. The Hall–Kier alpha value is -1.79. The fourth-order valence-electron chi connectivity index (χ4n) is 2.12. The Bertz CT molecular complexity index is 618. The Labute approximate surface area is 115 Å². The highest BCUT2D eigenvalue weighted by atomic mass is 32.2. The van der Waals surface area contributed by atoms with E-state index < -0.39 is 0 Å². The summed E-state index contributed by atoms with van der Waals surface area (Å²) < 4.78 is 5.36. The third kappa shape index (κ3) is 2.13. The lowest BCUT2D eigenvalue weighted by Crippen LogP contribution is -2.13. The van der Waals surface area contributed by atoms with Gasteiger partial charge in [0.05, 0.1) is 18.4 Å². The molecule has 0 aliphatic carbocycles. The fourth-order valence-corrected chi connectivity index (χ4v) is 3.16. The maximum absolute atomic E-state index is 5.56. The molecule has 1 aromatic carbocycles. The Morgan fingerprint density at radius 2 is 2.11 bits per heavy atom. The quantitative estimate of drug-likeness (QED) is 0.660. The normalized spacial score (nSPS) is 13.2. The number of aromatic nitrogens is 2. The van der Waals surface area contributed by atoms with Gasteiger partial charge in [-0.1, -0.05) is 12.1 Å². The number of ether oxygens (including phenoxy) is 1. The van der Waals surface area contributed by atoms with E-state index in [2.05, 4.69) is 15.4 Å². The number of thioether (sulfide) groups is 1. The Kier molecular flexibility index (Phi) is 3.27. The van der Waals surface area contributed by atoms with Crippen molar-refractivity contribution in [2.45, 2.75) is 11.5 Å². The number of para-hydroxylation sites is 1. The van der Waals surface area contributed by atoms with Crippen LogP contribution >= 0.6 is 11.8 Å². The van der Waals surface area contributed by atoms with E-state index in [9.17, 15) is 0 Å². The summed E-state index contributed by atoms with van der Waals surface area (Å²) in [7, 11) is 1.64. The minimum absolute atomic E-state index is 0.645. The molecular formula is C13H14N4OS. The Morgan fingerprint density at radius 1 is 1.26 bits per heavy atom. The first-order chi connectivity index (χ1) is 9.33. The van der Waals surface area contributed by atoms with Crippen LogP contribution in [0.15, 0.2) is 24.3 Å². The average Bonchev–Trinajstić information content (AvgIpc) is 2.94. The zero-order chi connectivity index (χ0) is 13.2. The molecule has 5 nitrogen and oxygen atoms in total. The molecule has 1 aromatic heterocycles. The first-order valence-corrected chi connectivity index (χ1v) is 7.06.